The minimum Gasteiger partial charge on any atom is -0.507 e. The Morgan fingerprint density at radius 1 is 1.45 bits per heavy atom. The topological polar surface area (TPSA) is 99.8 Å². The average molecular weight is 318 g/mol. The van der Waals surface area contributed by atoms with E-state index in [4.69, 9.17) is 12.2 Å². The summed E-state index contributed by atoms with van der Waals surface area (Å²) in [7, 11) is 0. The van der Waals surface area contributed by atoms with Crippen molar-refractivity contribution in [3.05, 3.63) is 46.0 Å². The van der Waals surface area contributed by atoms with Gasteiger partial charge < -0.3 is 10.4 Å². The lowest BCUT2D eigenvalue weighted by Crippen LogP contribution is -2.31. The highest BCUT2D eigenvalue weighted by molar-refractivity contribution is 7.80. The lowest BCUT2D eigenvalue weighted by molar-refractivity contribution is -0.384. The van der Waals surface area contributed by atoms with E-state index in [1.54, 1.807) is 12.1 Å². The maximum Gasteiger partial charge on any atom is 0.270 e. The van der Waals surface area contributed by atoms with Crippen LogP contribution in [0, 0.1) is 10.1 Å². The lowest BCUT2D eigenvalue weighted by Gasteiger charge is -2.06. The van der Waals surface area contributed by atoms with Gasteiger partial charge in [-0.15, -0.1) is 0 Å². The summed E-state index contributed by atoms with van der Waals surface area (Å²) in [5.41, 5.74) is 3.07. The molecule has 0 heterocycles. The number of nitrogens with zero attached hydrogens (tertiary/aromatic N) is 2. The highest BCUT2D eigenvalue weighted by Gasteiger charge is 2.10. The molecule has 114 valence electrons. The summed E-state index contributed by atoms with van der Waals surface area (Å²) in [6.45, 7) is 2.58. The quantitative estimate of drug-likeness (QED) is 0.346. The Labute approximate surface area is 131 Å². The molecule has 0 fully saturated rings. The SMILES string of the molecule is CCNC(=S)N/N=C/c1c(O)ccc2cc([N+](=O)[O-])ccc12. The summed E-state index contributed by atoms with van der Waals surface area (Å²) in [5.74, 6) is 0.0290. The van der Waals surface area contributed by atoms with Crippen LogP contribution in [0.5, 0.6) is 5.75 Å². The molecule has 0 aromatic heterocycles. The number of benzene rings is 2. The third-order valence-electron chi connectivity index (χ3n) is 2.93. The molecule has 2 aromatic carbocycles. The zero-order chi connectivity index (χ0) is 16.1. The fourth-order valence-corrected chi connectivity index (χ4v) is 2.13. The second-order valence-electron chi connectivity index (χ2n) is 4.39. The van der Waals surface area contributed by atoms with Crippen molar-refractivity contribution < 1.29 is 10.0 Å². The molecule has 0 saturated carbocycles. The zero-order valence-corrected chi connectivity index (χ0v) is 12.6. The molecule has 0 atom stereocenters. The van der Waals surface area contributed by atoms with E-state index in [2.05, 4.69) is 15.8 Å². The number of phenols is 1. The Bertz CT molecular complexity index is 761. The van der Waals surface area contributed by atoms with Crippen molar-refractivity contribution in [3.63, 3.8) is 0 Å². The van der Waals surface area contributed by atoms with E-state index < -0.39 is 4.92 Å². The van der Waals surface area contributed by atoms with Gasteiger partial charge in [0.1, 0.15) is 5.75 Å². The van der Waals surface area contributed by atoms with Crippen molar-refractivity contribution in [3.8, 4) is 5.75 Å². The van der Waals surface area contributed by atoms with E-state index in [-0.39, 0.29) is 11.4 Å². The number of nitro groups is 1. The van der Waals surface area contributed by atoms with Crippen molar-refractivity contribution in [1.82, 2.24) is 10.7 Å². The molecule has 0 amide bonds. The van der Waals surface area contributed by atoms with Crippen LogP contribution in [0.25, 0.3) is 10.8 Å². The minimum absolute atomic E-state index is 0.00692. The van der Waals surface area contributed by atoms with E-state index in [1.807, 2.05) is 6.92 Å². The van der Waals surface area contributed by atoms with Gasteiger partial charge in [0.05, 0.1) is 11.1 Å². The number of nitrogens with one attached hydrogen (secondary N) is 2. The van der Waals surface area contributed by atoms with Crippen LogP contribution in [-0.4, -0.2) is 27.9 Å². The van der Waals surface area contributed by atoms with Gasteiger partial charge in [0.2, 0.25) is 0 Å². The Morgan fingerprint density at radius 2 is 2.23 bits per heavy atom. The molecule has 0 saturated heterocycles. The highest BCUT2D eigenvalue weighted by Crippen LogP contribution is 2.28. The van der Waals surface area contributed by atoms with Crippen LogP contribution in [-0.2, 0) is 0 Å². The minimum atomic E-state index is -0.462. The highest BCUT2D eigenvalue weighted by atomic mass is 32.1. The number of aromatic hydroxyl groups is 1. The molecule has 0 aliphatic rings. The number of phenolic OH excluding ortho intramolecular Hbond substituents is 1. The molecule has 7 nitrogen and oxygen atoms in total. The van der Waals surface area contributed by atoms with E-state index in [0.29, 0.717) is 28.0 Å². The first-order chi connectivity index (χ1) is 10.5. The van der Waals surface area contributed by atoms with Crippen LogP contribution in [0.15, 0.2) is 35.4 Å². The first-order valence-corrected chi connectivity index (χ1v) is 6.90. The number of hydrogen-bond acceptors (Lipinski definition) is 5. The summed E-state index contributed by atoms with van der Waals surface area (Å²) in [4.78, 5) is 10.3. The van der Waals surface area contributed by atoms with Crippen LogP contribution < -0.4 is 10.7 Å². The molecule has 0 radical (unpaired) electrons. The predicted octanol–water partition coefficient (Wildman–Crippen LogP) is 2.27. The maximum atomic E-state index is 10.8. The Kier molecular flexibility index (Phi) is 4.84. The molecule has 0 aliphatic carbocycles. The maximum absolute atomic E-state index is 10.8. The van der Waals surface area contributed by atoms with Crippen molar-refractivity contribution >= 4 is 40.0 Å². The number of non-ortho nitro benzene ring substituents is 1. The van der Waals surface area contributed by atoms with Gasteiger partial charge in [0, 0.05) is 24.2 Å². The third-order valence-corrected chi connectivity index (χ3v) is 3.17. The number of thiocarbonyl (C=S) groups is 1. The molecular weight excluding hydrogens is 304 g/mol. The second-order valence-corrected chi connectivity index (χ2v) is 4.80. The van der Waals surface area contributed by atoms with Gasteiger partial charge in [0.15, 0.2) is 5.11 Å². The molecule has 0 unspecified atom stereocenters. The molecule has 2 aromatic rings. The summed E-state index contributed by atoms with van der Waals surface area (Å²) < 4.78 is 0. The number of hydrazone groups is 1. The van der Waals surface area contributed by atoms with Crippen LogP contribution >= 0.6 is 12.2 Å². The Balaban J connectivity index is 2.36. The number of fused-ring (bicyclic) bond motifs is 1. The second kappa shape index (κ2) is 6.81. The summed E-state index contributed by atoms with van der Waals surface area (Å²) >= 11 is 4.97. The summed E-state index contributed by atoms with van der Waals surface area (Å²) in [5, 5.41) is 29.3. The standard InChI is InChI=1S/C14H14N4O3S/c1-2-15-14(22)17-16-8-12-11-5-4-10(18(20)21)7-9(11)3-6-13(12)19/h3-8,19H,2H2,1H3,(H2,15,17,22)/b16-8+. The van der Waals surface area contributed by atoms with Crippen LogP contribution in [0.3, 0.4) is 0 Å². The molecule has 0 aliphatic heterocycles. The molecule has 3 N–H and O–H groups in total. The summed E-state index contributed by atoms with van der Waals surface area (Å²) in [6, 6.07) is 7.50. The van der Waals surface area contributed by atoms with Gasteiger partial charge in [-0.1, -0.05) is 6.07 Å². The molecule has 8 heteroatoms. The van der Waals surface area contributed by atoms with Gasteiger partial charge in [-0.3, -0.25) is 15.5 Å². The summed E-state index contributed by atoms with van der Waals surface area (Å²) in [6.07, 6.45) is 1.42. The van der Waals surface area contributed by atoms with Gasteiger partial charge in [0.25, 0.3) is 5.69 Å². The van der Waals surface area contributed by atoms with Crippen molar-refractivity contribution in [1.29, 1.82) is 0 Å². The fourth-order valence-electron chi connectivity index (χ4n) is 1.93. The monoisotopic (exact) mass is 318 g/mol. The van der Waals surface area contributed by atoms with Gasteiger partial charge in [-0.25, -0.2) is 0 Å². The van der Waals surface area contributed by atoms with E-state index >= 15 is 0 Å². The van der Waals surface area contributed by atoms with Crippen molar-refractivity contribution in [2.45, 2.75) is 6.92 Å². The number of hydrogen-bond donors (Lipinski definition) is 3. The smallest absolute Gasteiger partial charge is 0.270 e. The Morgan fingerprint density at radius 3 is 2.91 bits per heavy atom. The molecule has 2 rings (SSSR count). The van der Waals surface area contributed by atoms with Crippen LogP contribution in [0.4, 0.5) is 5.69 Å². The largest absolute Gasteiger partial charge is 0.507 e. The lowest BCUT2D eigenvalue weighted by atomic mass is 10.0. The molecule has 0 spiro atoms. The number of rotatable bonds is 4. The first kappa shape index (κ1) is 15.6. The third kappa shape index (κ3) is 3.47. The van der Waals surface area contributed by atoms with Gasteiger partial charge in [-0.2, -0.15) is 5.10 Å². The zero-order valence-electron chi connectivity index (χ0n) is 11.7. The van der Waals surface area contributed by atoms with E-state index in [0.717, 1.165) is 0 Å². The van der Waals surface area contributed by atoms with E-state index in [1.165, 1.54) is 24.4 Å². The molecule has 22 heavy (non-hydrogen) atoms. The van der Waals surface area contributed by atoms with E-state index in [9.17, 15) is 15.2 Å². The average Bonchev–Trinajstić information content (AvgIpc) is 2.49. The van der Waals surface area contributed by atoms with Crippen molar-refractivity contribution in [2.75, 3.05) is 6.54 Å². The molecule has 0 bridgehead atoms. The molecular formula is C14H14N4O3S. The first-order valence-electron chi connectivity index (χ1n) is 6.50. The fraction of sp³-hybridized carbons (Fsp3) is 0.143. The Hall–Kier alpha value is -2.74. The van der Waals surface area contributed by atoms with Crippen molar-refractivity contribution in [2.24, 2.45) is 5.10 Å². The normalized spacial score (nSPS) is 10.8. The van der Waals surface area contributed by atoms with Gasteiger partial charge >= 0.3 is 0 Å². The predicted molar refractivity (Wildman–Crippen MR) is 89.3 cm³/mol. The van der Waals surface area contributed by atoms with Gasteiger partial charge in [-0.05, 0) is 42.0 Å². The number of nitro benzene ring substituents is 1. The van der Waals surface area contributed by atoms with Crippen LogP contribution in [0.2, 0.25) is 0 Å². The van der Waals surface area contributed by atoms with Crippen LogP contribution in [0.1, 0.15) is 12.5 Å².